The molecular formula is C12H17N5S. The lowest BCUT2D eigenvalue weighted by atomic mass is 10.2. The van der Waals surface area contributed by atoms with Crippen molar-refractivity contribution < 1.29 is 0 Å². The topological polar surface area (TPSA) is 62.7 Å². The second-order valence-corrected chi connectivity index (χ2v) is 5.02. The zero-order chi connectivity index (χ0) is 13.0. The first-order chi connectivity index (χ1) is 8.72. The molecule has 1 atom stereocenters. The van der Waals surface area contributed by atoms with Crippen LogP contribution in [0, 0.1) is 6.92 Å². The second-order valence-electron chi connectivity index (χ2n) is 4.10. The Morgan fingerprint density at radius 2 is 2.06 bits per heavy atom. The molecule has 5 nitrogen and oxygen atoms in total. The zero-order valence-electron chi connectivity index (χ0n) is 10.8. The van der Waals surface area contributed by atoms with Crippen molar-refractivity contribution in [3.05, 3.63) is 28.5 Å². The molecule has 0 aromatic carbocycles. The molecule has 0 aliphatic rings. The van der Waals surface area contributed by atoms with Gasteiger partial charge in [0.25, 0.3) is 0 Å². The van der Waals surface area contributed by atoms with E-state index in [-0.39, 0.29) is 0 Å². The van der Waals surface area contributed by atoms with Gasteiger partial charge in [-0.3, -0.25) is 0 Å². The Morgan fingerprint density at radius 3 is 2.72 bits per heavy atom. The maximum atomic E-state index is 4.32. The number of nitrogens with one attached hydrogen (secondary N) is 2. The predicted octanol–water partition coefficient (Wildman–Crippen LogP) is 2.50. The Hall–Kier alpha value is -1.69. The van der Waals surface area contributed by atoms with Crippen LogP contribution in [0.1, 0.15) is 23.4 Å². The van der Waals surface area contributed by atoms with Crippen molar-refractivity contribution in [2.45, 2.75) is 19.8 Å². The minimum atomic E-state index is 0.373. The van der Waals surface area contributed by atoms with Crippen molar-refractivity contribution in [1.82, 2.24) is 15.0 Å². The summed E-state index contributed by atoms with van der Waals surface area (Å²) in [6.45, 7) is 4.97. The molecular weight excluding hydrogens is 246 g/mol. The van der Waals surface area contributed by atoms with Gasteiger partial charge in [-0.1, -0.05) is 6.92 Å². The van der Waals surface area contributed by atoms with Gasteiger partial charge in [-0.15, -0.1) is 11.3 Å². The lowest BCUT2D eigenvalue weighted by Crippen LogP contribution is -2.12. The molecule has 0 radical (unpaired) electrons. The van der Waals surface area contributed by atoms with Crippen LogP contribution in [0.3, 0.4) is 0 Å². The third-order valence-electron chi connectivity index (χ3n) is 2.77. The van der Waals surface area contributed by atoms with Crippen LogP contribution in [-0.4, -0.2) is 28.5 Å². The van der Waals surface area contributed by atoms with Gasteiger partial charge < -0.3 is 10.6 Å². The molecule has 0 aliphatic heterocycles. The Bertz CT molecular complexity index is 497. The van der Waals surface area contributed by atoms with E-state index < -0.39 is 0 Å². The highest BCUT2D eigenvalue weighted by molar-refractivity contribution is 7.09. The number of hydrogen-bond donors (Lipinski definition) is 2. The number of anilines is 2. The molecule has 0 bridgehead atoms. The lowest BCUT2D eigenvalue weighted by molar-refractivity contribution is 0.790. The number of aromatic nitrogens is 3. The minimum Gasteiger partial charge on any atom is -0.373 e. The molecule has 2 rings (SSSR count). The van der Waals surface area contributed by atoms with Crippen LogP contribution in [0.25, 0.3) is 0 Å². The van der Waals surface area contributed by atoms with Gasteiger partial charge in [0.15, 0.2) is 0 Å². The first-order valence-corrected chi connectivity index (χ1v) is 6.73. The van der Waals surface area contributed by atoms with E-state index in [1.54, 1.807) is 17.7 Å². The van der Waals surface area contributed by atoms with Gasteiger partial charge in [0, 0.05) is 36.7 Å². The van der Waals surface area contributed by atoms with Crippen molar-refractivity contribution in [2.75, 3.05) is 24.2 Å². The third kappa shape index (κ3) is 2.76. The molecule has 1 unspecified atom stereocenters. The fourth-order valence-electron chi connectivity index (χ4n) is 1.70. The van der Waals surface area contributed by atoms with E-state index in [2.05, 4.69) is 32.5 Å². The molecule has 2 aromatic heterocycles. The van der Waals surface area contributed by atoms with Gasteiger partial charge in [0.05, 0.1) is 5.01 Å². The molecule has 0 fully saturated rings. The molecule has 0 amide bonds. The minimum absolute atomic E-state index is 0.373. The summed E-state index contributed by atoms with van der Waals surface area (Å²) in [6, 6.07) is 0. The summed E-state index contributed by atoms with van der Waals surface area (Å²) in [5.74, 6) is 2.10. The molecule has 2 N–H and O–H groups in total. The molecule has 18 heavy (non-hydrogen) atoms. The highest BCUT2D eigenvalue weighted by Gasteiger charge is 2.10. The molecule has 2 aromatic rings. The van der Waals surface area contributed by atoms with Gasteiger partial charge in [-0.05, 0) is 6.92 Å². The number of thiazole rings is 1. The maximum absolute atomic E-state index is 4.32. The Morgan fingerprint density at radius 1 is 1.28 bits per heavy atom. The Balaban J connectivity index is 2.02. The highest BCUT2D eigenvalue weighted by Crippen LogP contribution is 2.21. The highest BCUT2D eigenvalue weighted by atomic mass is 32.1. The van der Waals surface area contributed by atoms with E-state index >= 15 is 0 Å². The summed E-state index contributed by atoms with van der Waals surface area (Å²) in [6.07, 6.45) is 3.40. The third-order valence-corrected chi connectivity index (χ3v) is 3.78. The van der Waals surface area contributed by atoms with Crippen molar-refractivity contribution >= 4 is 23.0 Å². The van der Waals surface area contributed by atoms with Crippen molar-refractivity contribution in [2.24, 2.45) is 0 Å². The SMILES string of the molecule is CNc1ncnc(NCC(C)c2nccs2)c1C. The molecule has 0 saturated heterocycles. The van der Waals surface area contributed by atoms with Crippen molar-refractivity contribution in [3.63, 3.8) is 0 Å². The van der Waals surface area contributed by atoms with Gasteiger partial charge in [0.2, 0.25) is 0 Å². The first-order valence-electron chi connectivity index (χ1n) is 5.85. The van der Waals surface area contributed by atoms with Crippen LogP contribution < -0.4 is 10.6 Å². The largest absolute Gasteiger partial charge is 0.373 e. The van der Waals surface area contributed by atoms with E-state index in [0.29, 0.717) is 5.92 Å². The van der Waals surface area contributed by atoms with Crippen LogP contribution in [0.2, 0.25) is 0 Å². The molecule has 2 heterocycles. The van der Waals surface area contributed by atoms with Crippen LogP contribution in [0.15, 0.2) is 17.9 Å². The summed E-state index contributed by atoms with van der Waals surface area (Å²) in [5.41, 5.74) is 1.03. The molecule has 0 aliphatic carbocycles. The van der Waals surface area contributed by atoms with Gasteiger partial charge in [-0.25, -0.2) is 15.0 Å². The van der Waals surface area contributed by atoms with Crippen LogP contribution in [0.5, 0.6) is 0 Å². The Labute approximate surface area is 111 Å². The van der Waals surface area contributed by atoms with Crippen LogP contribution in [0.4, 0.5) is 11.6 Å². The molecule has 6 heteroatoms. The fraction of sp³-hybridized carbons (Fsp3) is 0.417. The average molecular weight is 263 g/mol. The fourth-order valence-corrected chi connectivity index (χ4v) is 2.39. The predicted molar refractivity (Wildman–Crippen MR) is 75.3 cm³/mol. The average Bonchev–Trinajstić information content (AvgIpc) is 2.91. The van der Waals surface area contributed by atoms with Gasteiger partial charge in [0.1, 0.15) is 18.0 Å². The van der Waals surface area contributed by atoms with Crippen molar-refractivity contribution in [3.8, 4) is 0 Å². The van der Waals surface area contributed by atoms with E-state index in [1.807, 2.05) is 25.5 Å². The van der Waals surface area contributed by atoms with E-state index in [9.17, 15) is 0 Å². The smallest absolute Gasteiger partial charge is 0.134 e. The van der Waals surface area contributed by atoms with Gasteiger partial charge >= 0.3 is 0 Å². The summed E-state index contributed by atoms with van der Waals surface area (Å²) in [7, 11) is 1.86. The maximum Gasteiger partial charge on any atom is 0.134 e. The summed E-state index contributed by atoms with van der Waals surface area (Å²) >= 11 is 1.68. The monoisotopic (exact) mass is 263 g/mol. The van der Waals surface area contributed by atoms with E-state index in [1.165, 1.54) is 0 Å². The van der Waals surface area contributed by atoms with E-state index in [4.69, 9.17) is 0 Å². The first kappa shape index (κ1) is 12.8. The molecule has 96 valence electrons. The molecule has 0 saturated carbocycles. The number of rotatable bonds is 5. The van der Waals surface area contributed by atoms with Gasteiger partial charge in [-0.2, -0.15) is 0 Å². The Kier molecular flexibility index (Phi) is 4.09. The second kappa shape index (κ2) is 5.77. The van der Waals surface area contributed by atoms with Crippen LogP contribution >= 0.6 is 11.3 Å². The summed E-state index contributed by atoms with van der Waals surface area (Å²) < 4.78 is 0. The molecule has 0 spiro atoms. The summed E-state index contributed by atoms with van der Waals surface area (Å²) in [5, 5.41) is 9.54. The standard InChI is InChI=1S/C12H17N5S/c1-8(12-14-4-5-18-12)6-15-11-9(2)10(13-3)16-7-17-11/h4-5,7-8H,6H2,1-3H3,(H2,13,15,16,17). The quantitative estimate of drug-likeness (QED) is 0.868. The summed E-state index contributed by atoms with van der Waals surface area (Å²) in [4.78, 5) is 12.7. The lowest BCUT2D eigenvalue weighted by Gasteiger charge is -2.13. The number of hydrogen-bond acceptors (Lipinski definition) is 6. The normalized spacial score (nSPS) is 12.2. The number of nitrogens with zero attached hydrogens (tertiary/aromatic N) is 3. The zero-order valence-corrected chi connectivity index (χ0v) is 11.6. The van der Waals surface area contributed by atoms with E-state index in [0.717, 1.165) is 28.8 Å². The van der Waals surface area contributed by atoms with Crippen molar-refractivity contribution in [1.29, 1.82) is 0 Å². The van der Waals surface area contributed by atoms with Crippen LogP contribution in [-0.2, 0) is 0 Å².